The van der Waals surface area contributed by atoms with Gasteiger partial charge in [-0.1, -0.05) is 0 Å². The minimum Gasteiger partial charge on any atom is -0.369 e. The Labute approximate surface area is 112 Å². The third-order valence-corrected chi connectivity index (χ3v) is 3.05. The summed E-state index contributed by atoms with van der Waals surface area (Å²) in [6, 6.07) is 3.47. The van der Waals surface area contributed by atoms with E-state index in [0.29, 0.717) is 37.6 Å². The molecule has 0 aromatic carbocycles. The van der Waals surface area contributed by atoms with Gasteiger partial charge in [0.25, 0.3) is 5.91 Å². The lowest BCUT2D eigenvalue weighted by molar-refractivity contribution is -0.144. The molecule has 2 rings (SSSR count). The molecule has 2 heterocycles. The quantitative estimate of drug-likeness (QED) is 0.831. The van der Waals surface area contributed by atoms with E-state index in [1.807, 2.05) is 6.92 Å². The molecule has 0 aliphatic carbocycles. The van der Waals surface area contributed by atoms with Crippen LogP contribution in [0.15, 0.2) is 18.3 Å². The fourth-order valence-corrected chi connectivity index (χ4v) is 1.97. The first-order chi connectivity index (χ1) is 9.14. The van der Waals surface area contributed by atoms with E-state index in [-0.39, 0.29) is 5.91 Å². The van der Waals surface area contributed by atoms with E-state index in [1.165, 1.54) is 0 Å². The van der Waals surface area contributed by atoms with Crippen molar-refractivity contribution in [2.45, 2.75) is 19.1 Å². The van der Waals surface area contributed by atoms with Gasteiger partial charge in [-0.05, 0) is 19.1 Å². The Hall–Kier alpha value is -1.66. The molecule has 0 radical (unpaired) electrons. The smallest absolute Gasteiger partial charge is 0.254 e. The first-order valence-corrected chi connectivity index (χ1v) is 6.33. The van der Waals surface area contributed by atoms with Crippen molar-refractivity contribution in [3.8, 4) is 0 Å². The van der Waals surface area contributed by atoms with Crippen LogP contribution in [0.3, 0.4) is 0 Å². The molecular formula is C13H19N3O3. The van der Waals surface area contributed by atoms with Crippen LogP contribution in [-0.2, 0) is 9.47 Å². The SMILES string of the molecule is CNC(=O)c1cccnc1NCCC1(C)OCCO1. The van der Waals surface area contributed by atoms with Gasteiger partial charge in [0.05, 0.1) is 18.8 Å². The number of pyridine rings is 1. The van der Waals surface area contributed by atoms with E-state index < -0.39 is 5.79 Å². The average Bonchev–Trinajstić information content (AvgIpc) is 2.85. The number of anilines is 1. The number of aromatic nitrogens is 1. The van der Waals surface area contributed by atoms with Crippen LogP contribution in [0.25, 0.3) is 0 Å². The zero-order valence-corrected chi connectivity index (χ0v) is 11.2. The lowest BCUT2D eigenvalue weighted by Crippen LogP contribution is -2.29. The minimum atomic E-state index is -0.533. The highest BCUT2D eigenvalue weighted by molar-refractivity contribution is 5.98. The number of nitrogens with zero attached hydrogens (tertiary/aromatic N) is 1. The molecule has 0 unspecified atom stereocenters. The second-order valence-corrected chi connectivity index (χ2v) is 4.49. The topological polar surface area (TPSA) is 72.5 Å². The lowest BCUT2D eigenvalue weighted by Gasteiger charge is -2.22. The molecule has 1 aromatic heterocycles. The molecule has 1 aliphatic heterocycles. The Morgan fingerprint density at radius 2 is 2.21 bits per heavy atom. The summed E-state index contributed by atoms with van der Waals surface area (Å²) < 4.78 is 11.0. The van der Waals surface area contributed by atoms with E-state index in [2.05, 4.69) is 15.6 Å². The summed E-state index contributed by atoms with van der Waals surface area (Å²) >= 11 is 0. The van der Waals surface area contributed by atoms with E-state index in [0.717, 1.165) is 0 Å². The van der Waals surface area contributed by atoms with Gasteiger partial charge in [-0.2, -0.15) is 0 Å². The summed E-state index contributed by atoms with van der Waals surface area (Å²) in [6.45, 7) is 3.80. The summed E-state index contributed by atoms with van der Waals surface area (Å²) in [5, 5.41) is 5.74. The summed E-state index contributed by atoms with van der Waals surface area (Å²) in [4.78, 5) is 15.9. The van der Waals surface area contributed by atoms with Gasteiger partial charge in [-0.3, -0.25) is 4.79 Å². The number of hydrogen-bond donors (Lipinski definition) is 2. The van der Waals surface area contributed by atoms with Crippen LogP contribution in [-0.4, -0.2) is 43.5 Å². The maximum atomic E-state index is 11.7. The summed E-state index contributed by atoms with van der Waals surface area (Å²) in [7, 11) is 1.60. The normalized spacial score (nSPS) is 17.2. The van der Waals surface area contributed by atoms with E-state index >= 15 is 0 Å². The molecule has 2 N–H and O–H groups in total. The highest BCUT2D eigenvalue weighted by Gasteiger charge is 2.30. The third kappa shape index (κ3) is 3.42. The standard InChI is InChI=1S/C13H19N3O3/c1-13(18-8-9-19-13)5-7-16-11-10(12(17)14-2)4-3-6-15-11/h3-4,6H,5,7-9H2,1-2H3,(H,14,17)(H,15,16). The fourth-order valence-electron chi connectivity index (χ4n) is 1.97. The van der Waals surface area contributed by atoms with Crippen molar-refractivity contribution in [1.29, 1.82) is 0 Å². The molecule has 1 aliphatic rings. The van der Waals surface area contributed by atoms with Crippen LogP contribution in [0.1, 0.15) is 23.7 Å². The predicted molar refractivity (Wildman–Crippen MR) is 71.0 cm³/mol. The van der Waals surface area contributed by atoms with Crippen molar-refractivity contribution in [2.24, 2.45) is 0 Å². The summed E-state index contributed by atoms with van der Waals surface area (Å²) in [5.41, 5.74) is 0.531. The summed E-state index contributed by atoms with van der Waals surface area (Å²) in [6.07, 6.45) is 2.34. The van der Waals surface area contributed by atoms with Gasteiger partial charge in [0, 0.05) is 26.2 Å². The molecule has 1 aromatic rings. The molecule has 0 spiro atoms. The molecule has 6 nitrogen and oxygen atoms in total. The fraction of sp³-hybridized carbons (Fsp3) is 0.538. The first kappa shape index (κ1) is 13.8. The van der Waals surface area contributed by atoms with Crippen LogP contribution >= 0.6 is 0 Å². The maximum absolute atomic E-state index is 11.7. The lowest BCUT2D eigenvalue weighted by atomic mass is 10.2. The van der Waals surface area contributed by atoms with Gasteiger partial charge in [-0.25, -0.2) is 4.98 Å². The monoisotopic (exact) mass is 265 g/mol. The van der Waals surface area contributed by atoms with Gasteiger partial charge in [0.15, 0.2) is 5.79 Å². The molecule has 19 heavy (non-hydrogen) atoms. The molecule has 0 atom stereocenters. The van der Waals surface area contributed by atoms with Gasteiger partial charge in [0.2, 0.25) is 0 Å². The number of hydrogen-bond acceptors (Lipinski definition) is 5. The molecule has 6 heteroatoms. The zero-order chi connectivity index (χ0) is 13.7. The third-order valence-electron chi connectivity index (χ3n) is 3.05. The Morgan fingerprint density at radius 1 is 1.47 bits per heavy atom. The number of carbonyl (C=O) groups excluding carboxylic acids is 1. The maximum Gasteiger partial charge on any atom is 0.254 e. The number of carbonyl (C=O) groups is 1. The van der Waals surface area contributed by atoms with Crippen molar-refractivity contribution >= 4 is 11.7 Å². The van der Waals surface area contributed by atoms with Crippen molar-refractivity contribution in [3.63, 3.8) is 0 Å². The van der Waals surface area contributed by atoms with Gasteiger partial charge in [-0.15, -0.1) is 0 Å². The van der Waals surface area contributed by atoms with Gasteiger partial charge >= 0.3 is 0 Å². The van der Waals surface area contributed by atoms with Crippen molar-refractivity contribution in [2.75, 3.05) is 32.1 Å². The predicted octanol–water partition coefficient (Wildman–Crippen LogP) is 1.01. The molecule has 1 amide bonds. The van der Waals surface area contributed by atoms with Crippen LogP contribution in [0.2, 0.25) is 0 Å². The Morgan fingerprint density at radius 3 is 2.89 bits per heavy atom. The average molecular weight is 265 g/mol. The van der Waals surface area contributed by atoms with Crippen LogP contribution < -0.4 is 10.6 Å². The first-order valence-electron chi connectivity index (χ1n) is 6.33. The Bertz CT molecular complexity index is 445. The van der Waals surface area contributed by atoms with Crippen molar-refractivity contribution in [1.82, 2.24) is 10.3 Å². The second-order valence-electron chi connectivity index (χ2n) is 4.49. The number of rotatable bonds is 5. The van der Waals surface area contributed by atoms with Crippen LogP contribution in [0.5, 0.6) is 0 Å². The van der Waals surface area contributed by atoms with Gasteiger partial charge in [0.1, 0.15) is 5.82 Å². The molecular weight excluding hydrogens is 246 g/mol. The number of ether oxygens (including phenoxy) is 2. The molecule has 1 fully saturated rings. The highest BCUT2D eigenvalue weighted by Crippen LogP contribution is 2.22. The van der Waals surface area contributed by atoms with Gasteiger partial charge < -0.3 is 20.1 Å². The van der Waals surface area contributed by atoms with E-state index in [4.69, 9.17) is 9.47 Å². The number of amides is 1. The second kappa shape index (κ2) is 5.99. The van der Waals surface area contributed by atoms with Crippen molar-refractivity contribution < 1.29 is 14.3 Å². The highest BCUT2D eigenvalue weighted by atomic mass is 16.7. The van der Waals surface area contributed by atoms with Crippen LogP contribution in [0, 0.1) is 0 Å². The van der Waals surface area contributed by atoms with Crippen molar-refractivity contribution in [3.05, 3.63) is 23.9 Å². The molecule has 104 valence electrons. The van der Waals surface area contributed by atoms with E-state index in [1.54, 1.807) is 25.4 Å². The zero-order valence-electron chi connectivity index (χ0n) is 11.2. The molecule has 0 bridgehead atoms. The Kier molecular flexibility index (Phi) is 4.34. The summed E-state index contributed by atoms with van der Waals surface area (Å²) in [5.74, 6) is -0.117. The Balaban J connectivity index is 1.94. The molecule has 1 saturated heterocycles. The van der Waals surface area contributed by atoms with Crippen LogP contribution in [0.4, 0.5) is 5.82 Å². The molecule has 0 saturated carbocycles. The minimum absolute atomic E-state index is 0.157. The van der Waals surface area contributed by atoms with E-state index in [9.17, 15) is 4.79 Å². The number of nitrogens with one attached hydrogen (secondary N) is 2. The largest absolute Gasteiger partial charge is 0.369 e.